The molecule has 0 aliphatic heterocycles. The lowest BCUT2D eigenvalue weighted by atomic mass is 10.1. The topological polar surface area (TPSA) is 97.1 Å². The number of ether oxygens (including phenoxy) is 1. The van der Waals surface area contributed by atoms with Crippen molar-refractivity contribution in [3.8, 4) is 34.1 Å². The quantitative estimate of drug-likeness (QED) is 0.165. The molecule has 0 aliphatic rings. The number of rotatable bonds is 8. The molecule has 5 heterocycles. The number of pyridine rings is 3. The number of hydrogen-bond acceptors (Lipinski definition) is 7. The van der Waals surface area contributed by atoms with Gasteiger partial charge < -0.3 is 9.72 Å². The fraction of sp³-hybridized carbons (Fsp3) is 0.107. The van der Waals surface area contributed by atoms with Gasteiger partial charge in [-0.05, 0) is 49.4 Å². The molecule has 0 radical (unpaired) electrons. The number of aryl methyl sites for hydroxylation is 1. The van der Waals surface area contributed by atoms with Crippen molar-refractivity contribution < 1.29 is 4.74 Å². The van der Waals surface area contributed by atoms with Crippen molar-refractivity contribution in [2.45, 2.75) is 20.0 Å². The summed E-state index contributed by atoms with van der Waals surface area (Å²) in [6.07, 6.45) is 6.93. The number of para-hydroxylation sites is 1. The highest BCUT2D eigenvalue weighted by Crippen LogP contribution is 2.31. The molecule has 0 bridgehead atoms. The van der Waals surface area contributed by atoms with E-state index in [0.717, 1.165) is 56.9 Å². The van der Waals surface area contributed by atoms with E-state index in [9.17, 15) is 0 Å². The van der Waals surface area contributed by atoms with E-state index in [4.69, 9.17) is 14.7 Å². The second-order valence-electron chi connectivity index (χ2n) is 8.72. The molecular weight excluding hydrogens is 591 g/mol. The van der Waals surface area contributed by atoms with Crippen LogP contribution in [0.25, 0.3) is 28.3 Å². The summed E-state index contributed by atoms with van der Waals surface area (Å²) in [5, 5.41) is 4.29. The molecule has 9 nitrogen and oxygen atoms in total. The highest BCUT2D eigenvalue weighted by Gasteiger charge is 2.18. The molecule has 0 saturated heterocycles. The molecule has 10 heteroatoms. The van der Waals surface area contributed by atoms with Gasteiger partial charge in [-0.25, -0.2) is 17.6 Å². The van der Waals surface area contributed by atoms with E-state index in [1.807, 2.05) is 73.8 Å². The van der Waals surface area contributed by atoms with Crippen molar-refractivity contribution in [2.24, 2.45) is 0 Å². The van der Waals surface area contributed by atoms with E-state index < -0.39 is 0 Å². The van der Waals surface area contributed by atoms with E-state index in [2.05, 4.69) is 52.1 Å². The molecular formula is C28H23IN8O. The zero-order valence-corrected chi connectivity index (χ0v) is 22.6. The Kier molecular flexibility index (Phi) is 6.80. The summed E-state index contributed by atoms with van der Waals surface area (Å²) in [5.74, 6) is 2.40. The van der Waals surface area contributed by atoms with E-state index in [1.165, 1.54) is 0 Å². The standard InChI is InChI=1S/C28H23IN8O/c1-19-5-4-7-23(33-19)28-27(21-9-10-26-31-18-32-37(26)16-21)34-25(35-28)17-36(29)15-20-6-2-3-8-24(20)38-22-11-13-30-14-12-22/h2-14,16,18H,15,17H2,1H3,(H,34,35). The third-order valence-electron chi connectivity index (χ3n) is 5.96. The fourth-order valence-electron chi connectivity index (χ4n) is 4.20. The summed E-state index contributed by atoms with van der Waals surface area (Å²) in [5.41, 5.74) is 6.26. The van der Waals surface area contributed by atoms with Gasteiger partial charge in [-0.1, -0.05) is 24.3 Å². The number of nitrogens with one attached hydrogen (secondary N) is 1. The minimum absolute atomic E-state index is 0.592. The Hall–Kier alpha value is -4.16. The van der Waals surface area contributed by atoms with Crippen LogP contribution in [0.4, 0.5) is 0 Å². The minimum atomic E-state index is 0.592. The fourth-order valence-corrected chi connectivity index (χ4v) is 4.89. The maximum Gasteiger partial charge on any atom is 0.155 e. The lowest BCUT2D eigenvalue weighted by Gasteiger charge is -2.16. The van der Waals surface area contributed by atoms with Gasteiger partial charge >= 0.3 is 0 Å². The molecule has 0 unspecified atom stereocenters. The van der Waals surface area contributed by atoms with Crippen molar-refractivity contribution >= 4 is 28.5 Å². The van der Waals surface area contributed by atoms with Gasteiger partial charge in [-0.3, -0.25) is 9.97 Å². The lowest BCUT2D eigenvalue weighted by Crippen LogP contribution is -2.12. The first-order chi connectivity index (χ1) is 18.6. The second-order valence-corrected chi connectivity index (χ2v) is 10.1. The van der Waals surface area contributed by atoms with E-state index in [0.29, 0.717) is 13.1 Å². The second kappa shape index (κ2) is 10.7. The summed E-state index contributed by atoms with van der Waals surface area (Å²) in [6.45, 7) is 3.25. The Morgan fingerprint density at radius 1 is 0.947 bits per heavy atom. The summed E-state index contributed by atoms with van der Waals surface area (Å²) in [4.78, 5) is 21.6. The number of imidazole rings is 1. The van der Waals surface area contributed by atoms with Gasteiger partial charge in [0.1, 0.15) is 23.7 Å². The number of hydrogen-bond donors (Lipinski definition) is 1. The zero-order chi connectivity index (χ0) is 25.9. The summed E-state index contributed by atoms with van der Waals surface area (Å²) in [7, 11) is 0. The highest BCUT2D eigenvalue weighted by atomic mass is 127. The predicted molar refractivity (Wildman–Crippen MR) is 153 cm³/mol. The van der Waals surface area contributed by atoms with Crippen molar-refractivity contribution in [2.75, 3.05) is 0 Å². The summed E-state index contributed by atoms with van der Waals surface area (Å²) >= 11 is 2.33. The van der Waals surface area contributed by atoms with E-state index >= 15 is 0 Å². The number of halogens is 1. The number of benzene rings is 1. The third kappa shape index (κ3) is 5.27. The number of nitrogens with zero attached hydrogens (tertiary/aromatic N) is 7. The monoisotopic (exact) mass is 614 g/mol. The minimum Gasteiger partial charge on any atom is -0.457 e. The Morgan fingerprint density at radius 2 is 1.82 bits per heavy atom. The molecule has 0 atom stereocenters. The average molecular weight is 614 g/mol. The normalized spacial score (nSPS) is 11.3. The first kappa shape index (κ1) is 24.2. The number of aromatic nitrogens is 7. The van der Waals surface area contributed by atoms with E-state index in [-0.39, 0.29) is 0 Å². The Labute approximate surface area is 233 Å². The van der Waals surface area contributed by atoms with Crippen LogP contribution in [0.15, 0.2) is 91.6 Å². The van der Waals surface area contributed by atoms with Crippen LogP contribution in [0.1, 0.15) is 17.1 Å². The van der Waals surface area contributed by atoms with Crippen LogP contribution in [0.5, 0.6) is 11.5 Å². The van der Waals surface area contributed by atoms with Crippen molar-refractivity contribution in [1.82, 2.24) is 37.6 Å². The van der Waals surface area contributed by atoms with Crippen LogP contribution in [0.2, 0.25) is 0 Å². The summed E-state index contributed by atoms with van der Waals surface area (Å²) < 4.78 is 10.0. The molecule has 1 N–H and O–H groups in total. The molecule has 5 aromatic heterocycles. The van der Waals surface area contributed by atoms with Crippen LogP contribution >= 0.6 is 22.9 Å². The number of H-pyrrole nitrogens is 1. The molecule has 6 aromatic rings. The molecule has 0 amide bonds. The van der Waals surface area contributed by atoms with E-state index in [1.54, 1.807) is 23.2 Å². The first-order valence-electron chi connectivity index (χ1n) is 12.0. The molecule has 1 aromatic carbocycles. The van der Waals surface area contributed by atoms with Crippen LogP contribution < -0.4 is 4.74 Å². The number of fused-ring (bicyclic) bond motifs is 1. The van der Waals surface area contributed by atoms with Crippen molar-refractivity contribution in [3.05, 3.63) is 109 Å². The van der Waals surface area contributed by atoms with Crippen LogP contribution in [0, 0.1) is 6.92 Å². The van der Waals surface area contributed by atoms with Gasteiger partial charge in [0.05, 0.1) is 23.6 Å². The molecule has 0 saturated carbocycles. The van der Waals surface area contributed by atoms with Gasteiger partial charge in [0.25, 0.3) is 0 Å². The van der Waals surface area contributed by atoms with Crippen molar-refractivity contribution in [1.29, 1.82) is 0 Å². The van der Waals surface area contributed by atoms with Gasteiger partial charge in [0.2, 0.25) is 0 Å². The molecule has 0 fully saturated rings. The van der Waals surface area contributed by atoms with Gasteiger partial charge in [0.15, 0.2) is 5.65 Å². The average Bonchev–Trinajstić information content (AvgIpc) is 3.57. The maximum absolute atomic E-state index is 6.12. The SMILES string of the molecule is Cc1cccc(-c2[nH]c(CN(I)Cc3ccccc3Oc3ccncc3)nc2-c2ccc3ncnn3c2)n1. The van der Waals surface area contributed by atoms with Crippen molar-refractivity contribution in [3.63, 3.8) is 0 Å². The number of aromatic amines is 1. The molecule has 38 heavy (non-hydrogen) atoms. The molecule has 188 valence electrons. The lowest BCUT2D eigenvalue weighted by molar-refractivity contribution is 0.446. The maximum atomic E-state index is 6.12. The smallest absolute Gasteiger partial charge is 0.155 e. The highest BCUT2D eigenvalue weighted by molar-refractivity contribution is 14.1. The van der Waals surface area contributed by atoms with Gasteiger partial charge in [-0.15, -0.1) is 0 Å². The van der Waals surface area contributed by atoms with Crippen LogP contribution in [-0.4, -0.2) is 37.6 Å². The van der Waals surface area contributed by atoms with Gasteiger partial charge in [-0.2, -0.15) is 5.10 Å². The zero-order valence-electron chi connectivity index (χ0n) is 20.5. The third-order valence-corrected chi connectivity index (χ3v) is 6.64. The molecule has 0 aliphatic carbocycles. The first-order valence-corrected chi connectivity index (χ1v) is 13.0. The molecule has 6 rings (SSSR count). The Balaban J connectivity index is 1.29. The van der Waals surface area contributed by atoms with Gasteiger partial charge in [0, 0.05) is 64.8 Å². The van der Waals surface area contributed by atoms with Crippen LogP contribution in [-0.2, 0) is 13.1 Å². The summed E-state index contributed by atoms with van der Waals surface area (Å²) in [6, 6.07) is 21.7. The Morgan fingerprint density at radius 3 is 2.68 bits per heavy atom. The predicted octanol–water partition coefficient (Wildman–Crippen LogP) is 6.03. The Bertz CT molecular complexity index is 1700. The molecule has 0 spiro atoms. The largest absolute Gasteiger partial charge is 0.457 e. The van der Waals surface area contributed by atoms with Crippen LogP contribution in [0.3, 0.4) is 0 Å².